The maximum absolute atomic E-state index is 13.2. The van der Waals surface area contributed by atoms with Gasteiger partial charge in [-0.2, -0.15) is 0 Å². The number of aliphatic hydroxyl groups excluding tert-OH is 1. The maximum Gasteiger partial charge on any atom is 0.253 e. The summed E-state index contributed by atoms with van der Waals surface area (Å²) < 4.78 is 13.2. The van der Waals surface area contributed by atoms with Gasteiger partial charge in [-0.25, -0.2) is 4.39 Å². The Kier molecular flexibility index (Phi) is 4.25. The van der Waals surface area contributed by atoms with Crippen LogP contribution in [0.25, 0.3) is 0 Å². The van der Waals surface area contributed by atoms with Gasteiger partial charge in [-0.3, -0.25) is 9.69 Å². The molecule has 2 unspecified atom stereocenters. The molecule has 4 nitrogen and oxygen atoms in total. The molecule has 0 spiro atoms. The van der Waals surface area contributed by atoms with E-state index in [1.807, 2.05) is 4.90 Å². The number of carbonyl (C=O) groups is 1. The van der Waals surface area contributed by atoms with Crippen LogP contribution in [0.3, 0.4) is 0 Å². The summed E-state index contributed by atoms with van der Waals surface area (Å²) in [5, 5.41) is 10.3. The second-order valence-electron chi connectivity index (χ2n) is 8.67. The SMILES string of the molecule is O=C(c1ccc(F)cc1)N1CC2CN(C3Cc4ccccc4C3)CC2(CO)C1. The van der Waals surface area contributed by atoms with Crippen molar-refractivity contribution in [2.45, 2.75) is 18.9 Å². The van der Waals surface area contributed by atoms with Crippen LogP contribution >= 0.6 is 0 Å². The van der Waals surface area contributed by atoms with Gasteiger partial charge in [0, 0.05) is 43.2 Å². The first-order valence-corrected chi connectivity index (χ1v) is 10.0. The van der Waals surface area contributed by atoms with E-state index in [4.69, 9.17) is 0 Å². The first-order valence-electron chi connectivity index (χ1n) is 10.0. The van der Waals surface area contributed by atoms with E-state index in [1.165, 1.54) is 23.3 Å². The van der Waals surface area contributed by atoms with Gasteiger partial charge in [0.25, 0.3) is 5.91 Å². The van der Waals surface area contributed by atoms with Crippen LogP contribution in [0.5, 0.6) is 0 Å². The van der Waals surface area contributed by atoms with Crippen molar-refractivity contribution in [3.8, 4) is 0 Å². The van der Waals surface area contributed by atoms with Crippen molar-refractivity contribution in [3.63, 3.8) is 0 Å². The zero-order chi connectivity index (χ0) is 19.3. The van der Waals surface area contributed by atoms with Crippen LogP contribution in [0.2, 0.25) is 0 Å². The fraction of sp³-hybridized carbons (Fsp3) is 0.435. The molecular weight excluding hydrogens is 355 g/mol. The zero-order valence-electron chi connectivity index (χ0n) is 15.9. The summed E-state index contributed by atoms with van der Waals surface area (Å²) in [4.78, 5) is 17.2. The number of nitrogens with zero attached hydrogens (tertiary/aromatic N) is 2. The fourth-order valence-electron chi connectivity index (χ4n) is 5.45. The van der Waals surface area contributed by atoms with Crippen LogP contribution < -0.4 is 0 Å². The first-order chi connectivity index (χ1) is 13.6. The Balaban J connectivity index is 1.29. The van der Waals surface area contributed by atoms with Crippen molar-refractivity contribution in [1.82, 2.24) is 9.80 Å². The highest BCUT2D eigenvalue weighted by molar-refractivity contribution is 5.94. The number of fused-ring (bicyclic) bond motifs is 2. The Morgan fingerprint density at radius 3 is 2.32 bits per heavy atom. The smallest absolute Gasteiger partial charge is 0.253 e. The van der Waals surface area contributed by atoms with Crippen LogP contribution in [0, 0.1) is 17.2 Å². The predicted molar refractivity (Wildman–Crippen MR) is 105 cm³/mol. The zero-order valence-corrected chi connectivity index (χ0v) is 15.9. The topological polar surface area (TPSA) is 43.8 Å². The number of hydrogen-bond acceptors (Lipinski definition) is 3. The van der Waals surface area contributed by atoms with Gasteiger partial charge in [-0.05, 0) is 54.2 Å². The number of rotatable bonds is 3. The molecule has 0 aromatic heterocycles. The molecule has 1 amide bonds. The quantitative estimate of drug-likeness (QED) is 0.889. The van der Waals surface area contributed by atoms with Gasteiger partial charge in [0.2, 0.25) is 0 Å². The Morgan fingerprint density at radius 2 is 1.71 bits per heavy atom. The van der Waals surface area contributed by atoms with Crippen LogP contribution in [0.4, 0.5) is 4.39 Å². The standard InChI is InChI=1S/C23H25FN2O2/c24-20-7-5-16(6-8-20)22(28)26-12-19-11-25(13-23(19,14-26)15-27)21-9-17-3-1-2-4-18(17)10-21/h1-8,19,21,27H,9-15H2. The van der Waals surface area contributed by atoms with Crippen molar-refractivity contribution in [3.05, 3.63) is 71.0 Å². The second kappa shape index (κ2) is 6.68. The van der Waals surface area contributed by atoms with Crippen molar-refractivity contribution in [2.75, 3.05) is 32.8 Å². The number of carbonyl (C=O) groups excluding carboxylic acids is 1. The summed E-state index contributed by atoms with van der Waals surface area (Å²) in [7, 11) is 0. The van der Waals surface area contributed by atoms with E-state index < -0.39 is 0 Å². The molecule has 2 fully saturated rings. The summed E-state index contributed by atoms with van der Waals surface area (Å²) in [6.07, 6.45) is 2.14. The van der Waals surface area contributed by atoms with Gasteiger partial charge in [0.15, 0.2) is 0 Å². The molecule has 2 aromatic rings. The van der Waals surface area contributed by atoms with E-state index in [1.54, 1.807) is 12.1 Å². The number of halogens is 1. The molecule has 3 aliphatic rings. The van der Waals surface area contributed by atoms with E-state index in [0.29, 0.717) is 24.7 Å². The first kappa shape index (κ1) is 17.8. The van der Waals surface area contributed by atoms with Crippen molar-refractivity contribution >= 4 is 5.91 Å². The van der Waals surface area contributed by atoms with Crippen molar-refractivity contribution < 1.29 is 14.3 Å². The maximum atomic E-state index is 13.2. The second-order valence-corrected chi connectivity index (χ2v) is 8.67. The van der Waals surface area contributed by atoms with Crippen molar-refractivity contribution in [2.24, 2.45) is 11.3 Å². The predicted octanol–water partition coefficient (Wildman–Crippen LogP) is 2.36. The summed E-state index contributed by atoms with van der Waals surface area (Å²) in [6, 6.07) is 14.9. The minimum atomic E-state index is -0.338. The van der Waals surface area contributed by atoms with E-state index >= 15 is 0 Å². The number of benzene rings is 2. The monoisotopic (exact) mass is 380 g/mol. The minimum absolute atomic E-state index is 0.0675. The summed E-state index contributed by atoms with van der Waals surface area (Å²) in [6.45, 7) is 3.08. The highest BCUT2D eigenvalue weighted by atomic mass is 19.1. The molecule has 28 heavy (non-hydrogen) atoms. The van der Waals surface area contributed by atoms with Gasteiger partial charge in [0.1, 0.15) is 5.82 Å². The van der Waals surface area contributed by atoms with E-state index in [2.05, 4.69) is 29.2 Å². The molecule has 5 heteroatoms. The van der Waals surface area contributed by atoms with Gasteiger partial charge in [-0.1, -0.05) is 24.3 Å². The Morgan fingerprint density at radius 1 is 1.04 bits per heavy atom. The summed E-state index contributed by atoms with van der Waals surface area (Å²) in [5.41, 5.74) is 3.15. The molecule has 2 aromatic carbocycles. The molecule has 2 atom stereocenters. The largest absolute Gasteiger partial charge is 0.396 e. The molecule has 2 heterocycles. The summed E-state index contributed by atoms with van der Waals surface area (Å²) >= 11 is 0. The molecule has 1 aliphatic carbocycles. The molecule has 0 bridgehead atoms. The highest BCUT2D eigenvalue weighted by Crippen LogP contribution is 2.44. The lowest BCUT2D eigenvalue weighted by molar-refractivity contribution is 0.0706. The Labute approximate surface area is 164 Å². The third-order valence-corrected chi connectivity index (χ3v) is 7.02. The minimum Gasteiger partial charge on any atom is -0.396 e. The van der Waals surface area contributed by atoms with Crippen LogP contribution in [0.15, 0.2) is 48.5 Å². The lowest BCUT2D eigenvalue weighted by atomic mass is 9.82. The molecule has 1 N–H and O–H groups in total. The molecule has 2 saturated heterocycles. The van der Waals surface area contributed by atoms with E-state index in [-0.39, 0.29) is 29.7 Å². The van der Waals surface area contributed by atoms with E-state index in [9.17, 15) is 14.3 Å². The van der Waals surface area contributed by atoms with Crippen LogP contribution in [0.1, 0.15) is 21.5 Å². The normalized spacial score (nSPS) is 27.2. The molecular formula is C23H25FN2O2. The Hall–Kier alpha value is -2.24. The highest BCUT2D eigenvalue weighted by Gasteiger charge is 2.54. The van der Waals surface area contributed by atoms with Gasteiger partial charge < -0.3 is 10.0 Å². The average Bonchev–Trinajstić information content (AvgIpc) is 3.38. The van der Waals surface area contributed by atoms with Gasteiger partial charge in [-0.15, -0.1) is 0 Å². The number of hydrogen-bond donors (Lipinski definition) is 1. The average molecular weight is 380 g/mol. The molecule has 146 valence electrons. The molecule has 0 radical (unpaired) electrons. The van der Waals surface area contributed by atoms with Crippen molar-refractivity contribution in [1.29, 1.82) is 0 Å². The molecule has 0 saturated carbocycles. The van der Waals surface area contributed by atoms with E-state index in [0.717, 1.165) is 25.9 Å². The fourth-order valence-corrected chi connectivity index (χ4v) is 5.45. The number of amides is 1. The third-order valence-electron chi connectivity index (χ3n) is 7.02. The summed E-state index contributed by atoms with van der Waals surface area (Å²) in [5.74, 6) is -0.123. The Bertz CT molecular complexity index is 875. The molecule has 2 aliphatic heterocycles. The number of likely N-dealkylation sites (tertiary alicyclic amines) is 2. The van der Waals surface area contributed by atoms with Crippen LogP contribution in [-0.4, -0.2) is 59.6 Å². The van der Waals surface area contributed by atoms with Crippen LogP contribution in [-0.2, 0) is 12.8 Å². The third kappa shape index (κ3) is 2.85. The van der Waals surface area contributed by atoms with Gasteiger partial charge in [0.05, 0.1) is 6.61 Å². The lowest BCUT2D eigenvalue weighted by Gasteiger charge is -2.30. The van der Waals surface area contributed by atoms with Gasteiger partial charge >= 0.3 is 0 Å². The number of aliphatic hydroxyl groups is 1. The molecule has 5 rings (SSSR count). The lowest BCUT2D eigenvalue weighted by Crippen LogP contribution is -2.42.